The number of nitrogens with one attached hydrogen (secondary N) is 2. The molecule has 5 nitrogen and oxygen atoms in total. The monoisotopic (exact) mass is 275 g/mol. The minimum Gasteiger partial charge on any atom is -0.358 e. The third-order valence-corrected chi connectivity index (χ3v) is 3.62. The highest BCUT2D eigenvalue weighted by atomic mass is 16.2. The van der Waals surface area contributed by atoms with Crippen LogP contribution in [0.25, 0.3) is 0 Å². The first-order chi connectivity index (χ1) is 9.65. The predicted octanol–water partition coefficient (Wildman–Crippen LogP) is 0.540. The Morgan fingerprint density at radius 3 is 2.85 bits per heavy atom. The highest BCUT2D eigenvalue weighted by Gasteiger charge is 2.18. The van der Waals surface area contributed by atoms with Gasteiger partial charge in [-0.05, 0) is 43.1 Å². The van der Waals surface area contributed by atoms with E-state index in [2.05, 4.69) is 10.6 Å². The van der Waals surface area contributed by atoms with Crippen LogP contribution in [0.1, 0.15) is 28.4 Å². The Balaban J connectivity index is 2.16. The number of fused-ring (bicyclic) bond motifs is 1. The number of amides is 2. The fourth-order valence-electron chi connectivity index (χ4n) is 2.38. The number of nitrogens with zero attached hydrogens (tertiary/aromatic N) is 1. The maximum atomic E-state index is 12.4. The molecule has 0 bridgehead atoms. The largest absolute Gasteiger partial charge is 0.358 e. The Bertz CT molecular complexity index is 514. The Kier molecular flexibility index (Phi) is 4.74. The second kappa shape index (κ2) is 6.52. The number of hydrogen-bond donors (Lipinski definition) is 2. The van der Waals surface area contributed by atoms with Crippen molar-refractivity contribution in [3.8, 4) is 0 Å². The van der Waals surface area contributed by atoms with Crippen molar-refractivity contribution in [2.45, 2.75) is 19.9 Å². The normalized spacial score (nSPS) is 13.5. The lowest BCUT2D eigenvalue weighted by Gasteiger charge is -2.22. The van der Waals surface area contributed by atoms with E-state index in [9.17, 15) is 9.59 Å². The molecule has 0 aromatic heterocycles. The summed E-state index contributed by atoms with van der Waals surface area (Å²) in [5.41, 5.74) is 3.13. The highest BCUT2D eigenvalue weighted by Crippen LogP contribution is 2.17. The molecular weight excluding hydrogens is 254 g/mol. The standard InChI is InChI=1S/C15H21N3O2/c1-3-18(10-14(19)16-2)15(20)12-5-4-11-6-7-17-9-13(11)8-12/h4-5,8,17H,3,6-7,9-10H2,1-2H3,(H,16,19). The summed E-state index contributed by atoms with van der Waals surface area (Å²) in [6.07, 6.45) is 1.000. The lowest BCUT2D eigenvalue weighted by molar-refractivity contribution is -0.121. The van der Waals surface area contributed by atoms with Gasteiger partial charge in [0, 0.05) is 25.7 Å². The van der Waals surface area contributed by atoms with E-state index >= 15 is 0 Å². The fraction of sp³-hybridized carbons (Fsp3) is 0.467. The van der Waals surface area contributed by atoms with Crippen molar-refractivity contribution in [1.29, 1.82) is 0 Å². The lowest BCUT2D eigenvalue weighted by Crippen LogP contribution is -2.39. The van der Waals surface area contributed by atoms with Gasteiger partial charge in [-0.1, -0.05) is 6.07 Å². The van der Waals surface area contributed by atoms with Gasteiger partial charge in [0.1, 0.15) is 0 Å². The van der Waals surface area contributed by atoms with Crippen molar-refractivity contribution in [3.63, 3.8) is 0 Å². The van der Waals surface area contributed by atoms with E-state index in [1.54, 1.807) is 11.9 Å². The zero-order valence-corrected chi connectivity index (χ0v) is 12.0. The summed E-state index contributed by atoms with van der Waals surface area (Å²) in [5.74, 6) is -0.246. The van der Waals surface area contributed by atoms with Crippen LogP contribution >= 0.6 is 0 Å². The smallest absolute Gasteiger partial charge is 0.254 e. The van der Waals surface area contributed by atoms with E-state index in [-0.39, 0.29) is 18.4 Å². The minimum atomic E-state index is -0.153. The van der Waals surface area contributed by atoms with Crippen LogP contribution in [0.5, 0.6) is 0 Å². The zero-order valence-electron chi connectivity index (χ0n) is 12.0. The Hall–Kier alpha value is -1.88. The van der Waals surface area contributed by atoms with Crippen LogP contribution < -0.4 is 10.6 Å². The molecule has 0 spiro atoms. The molecule has 108 valence electrons. The first-order valence-corrected chi connectivity index (χ1v) is 6.98. The molecule has 2 N–H and O–H groups in total. The molecule has 0 saturated carbocycles. The van der Waals surface area contributed by atoms with Gasteiger partial charge in [-0.3, -0.25) is 9.59 Å². The third-order valence-electron chi connectivity index (χ3n) is 3.62. The van der Waals surface area contributed by atoms with Gasteiger partial charge < -0.3 is 15.5 Å². The molecule has 5 heteroatoms. The van der Waals surface area contributed by atoms with Gasteiger partial charge in [0.05, 0.1) is 6.54 Å². The van der Waals surface area contributed by atoms with E-state index in [0.717, 1.165) is 19.5 Å². The maximum absolute atomic E-state index is 12.4. The van der Waals surface area contributed by atoms with Gasteiger partial charge >= 0.3 is 0 Å². The number of hydrogen-bond acceptors (Lipinski definition) is 3. The Labute approximate surface area is 119 Å². The van der Waals surface area contributed by atoms with Crippen molar-refractivity contribution in [1.82, 2.24) is 15.5 Å². The number of rotatable bonds is 4. The topological polar surface area (TPSA) is 61.4 Å². The van der Waals surface area contributed by atoms with Crippen molar-refractivity contribution in [2.75, 3.05) is 26.7 Å². The second-order valence-electron chi connectivity index (χ2n) is 4.90. The van der Waals surface area contributed by atoms with Crippen molar-refractivity contribution in [2.24, 2.45) is 0 Å². The quantitative estimate of drug-likeness (QED) is 0.843. The highest BCUT2D eigenvalue weighted by molar-refractivity contribution is 5.96. The molecule has 0 aliphatic carbocycles. The summed E-state index contributed by atoms with van der Waals surface area (Å²) in [6, 6.07) is 5.83. The molecule has 0 saturated heterocycles. The molecule has 1 aromatic rings. The van der Waals surface area contributed by atoms with E-state index in [1.165, 1.54) is 11.1 Å². The molecule has 1 aromatic carbocycles. The number of carbonyl (C=O) groups is 2. The summed E-state index contributed by atoms with van der Waals surface area (Å²) in [5, 5.41) is 5.85. The molecule has 1 heterocycles. The summed E-state index contributed by atoms with van der Waals surface area (Å²) in [7, 11) is 1.57. The molecule has 1 aliphatic rings. The number of carbonyl (C=O) groups excluding carboxylic acids is 2. The van der Waals surface area contributed by atoms with Gasteiger partial charge in [0.25, 0.3) is 5.91 Å². The van der Waals surface area contributed by atoms with Crippen LogP contribution in [0.2, 0.25) is 0 Å². The molecule has 20 heavy (non-hydrogen) atoms. The van der Waals surface area contributed by atoms with Gasteiger partial charge in [-0.2, -0.15) is 0 Å². The van der Waals surface area contributed by atoms with Crippen LogP contribution in [0.15, 0.2) is 18.2 Å². The summed E-state index contributed by atoms with van der Waals surface area (Å²) in [6.45, 7) is 4.28. The van der Waals surface area contributed by atoms with E-state index in [1.807, 2.05) is 25.1 Å². The third kappa shape index (κ3) is 3.17. The number of likely N-dealkylation sites (N-methyl/N-ethyl adjacent to an activating group) is 2. The molecule has 0 fully saturated rings. The molecule has 1 aliphatic heterocycles. The number of benzene rings is 1. The maximum Gasteiger partial charge on any atom is 0.254 e. The van der Waals surface area contributed by atoms with Gasteiger partial charge in [0.15, 0.2) is 0 Å². The van der Waals surface area contributed by atoms with Gasteiger partial charge in [-0.15, -0.1) is 0 Å². The summed E-state index contributed by atoms with van der Waals surface area (Å²) >= 11 is 0. The lowest BCUT2D eigenvalue weighted by atomic mass is 9.98. The summed E-state index contributed by atoms with van der Waals surface area (Å²) in [4.78, 5) is 25.4. The van der Waals surface area contributed by atoms with Crippen LogP contribution in [0, 0.1) is 0 Å². The molecule has 0 atom stereocenters. The van der Waals surface area contributed by atoms with E-state index < -0.39 is 0 Å². The van der Waals surface area contributed by atoms with Crippen LogP contribution in [0.3, 0.4) is 0 Å². The van der Waals surface area contributed by atoms with Gasteiger partial charge in [0.2, 0.25) is 5.91 Å². The first-order valence-electron chi connectivity index (χ1n) is 6.98. The molecule has 0 radical (unpaired) electrons. The molecule has 2 amide bonds. The predicted molar refractivity (Wildman–Crippen MR) is 77.5 cm³/mol. The van der Waals surface area contributed by atoms with Gasteiger partial charge in [-0.25, -0.2) is 0 Å². The first kappa shape index (κ1) is 14.5. The fourth-order valence-corrected chi connectivity index (χ4v) is 2.38. The molecule has 0 unspecified atom stereocenters. The zero-order chi connectivity index (χ0) is 14.5. The van der Waals surface area contributed by atoms with E-state index in [0.29, 0.717) is 12.1 Å². The average molecular weight is 275 g/mol. The Morgan fingerprint density at radius 2 is 2.15 bits per heavy atom. The SMILES string of the molecule is CCN(CC(=O)NC)C(=O)c1ccc2c(c1)CNCC2. The van der Waals surface area contributed by atoms with E-state index in [4.69, 9.17) is 0 Å². The second-order valence-corrected chi connectivity index (χ2v) is 4.90. The van der Waals surface area contributed by atoms with Crippen LogP contribution in [0.4, 0.5) is 0 Å². The van der Waals surface area contributed by atoms with Crippen LogP contribution in [-0.4, -0.2) is 43.4 Å². The molecular formula is C15H21N3O2. The minimum absolute atomic E-state index is 0.0931. The van der Waals surface area contributed by atoms with Crippen molar-refractivity contribution in [3.05, 3.63) is 34.9 Å². The molecule has 2 rings (SSSR count). The summed E-state index contributed by atoms with van der Waals surface area (Å²) < 4.78 is 0. The Morgan fingerprint density at radius 1 is 1.35 bits per heavy atom. The van der Waals surface area contributed by atoms with Crippen LogP contribution in [-0.2, 0) is 17.8 Å². The van der Waals surface area contributed by atoms with Crippen molar-refractivity contribution < 1.29 is 9.59 Å². The van der Waals surface area contributed by atoms with Crippen molar-refractivity contribution >= 4 is 11.8 Å². The average Bonchev–Trinajstić information content (AvgIpc) is 2.51.